The number of hydrogen-bond acceptors (Lipinski definition) is 4. The summed E-state index contributed by atoms with van der Waals surface area (Å²) < 4.78 is 0.359. The number of aliphatic carboxylic acids is 1. The molecule has 0 radical (unpaired) electrons. The zero-order chi connectivity index (χ0) is 8.43. The van der Waals surface area contributed by atoms with Gasteiger partial charge in [-0.05, 0) is 11.8 Å². The zero-order valence-electron chi connectivity index (χ0n) is 5.44. The van der Waals surface area contributed by atoms with Gasteiger partial charge in [0.2, 0.25) is 5.12 Å². The summed E-state index contributed by atoms with van der Waals surface area (Å²) in [5.41, 5.74) is 0. The molecule has 0 bridgehead atoms. The number of carbonyl (C=O) groups excluding carboxylic acids is 1. The van der Waals surface area contributed by atoms with Gasteiger partial charge < -0.3 is 10.0 Å². The summed E-state index contributed by atoms with van der Waals surface area (Å²) in [7, 11) is 0. The fraction of sp³-hybridized carbons (Fsp3) is 0.400. The second-order valence-electron chi connectivity index (χ2n) is 1.99. The van der Waals surface area contributed by atoms with Crippen LogP contribution in [0, 0.1) is 0 Å². The molecule has 4 nitrogen and oxygen atoms in total. The average Bonchev–Trinajstić information content (AvgIpc) is 2.09. The Morgan fingerprint density at radius 2 is 2.45 bits per heavy atom. The van der Waals surface area contributed by atoms with Crippen molar-refractivity contribution in [3.63, 3.8) is 0 Å². The van der Waals surface area contributed by atoms with Crippen LogP contribution in [0.1, 0.15) is 0 Å². The number of carboxylic acid groups (broad SMARTS) is 1. The van der Waals surface area contributed by atoms with E-state index in [4.69, 9.17) is 17.3 Å². The highest BCUT2D eigenvalue weighted by atomic mass is 32.2. The highest BCUT2D eigenvalue weighted by molar-refractivity contribution is 8.33. The molecule has 1 saturated heterocycles. The first kappa shape index (κ1) is 8.48. The Morgan fingerprint density at radius 3 is 2.82 bits per heavy atom. The third kappa shape index (κ3) is 2.16. The maximum absolute atomic E-state index is 10.7. The van der Waals surface area contributed by atoms with Gasteiger partial charge >= 0.3 is 5.97 Å². The van der Waals surface area contributed by atoms with E-state index in [1.165, 1.54) is 4.90 Å². The van der Waals surface area contributed by atoms with Crippen molar-refractivity contribution in [2.45, 2.75) is 0 Å². The molecule has 0 amide bonds. The molecule has 1 N–H and O–H groups in total. The van der Waals surface area contributed by atoms with Crippen LogP contribution < -0.4 is 0 Å². The van der Waals surface area contributed by atoms with Crippen molar-refractivity contribution < 1.29 is 14.7 Å². The van der Waals surface area contributed by atoms with Gasteiger partial charge in [-0.1, -0.05) is 12.2 Å². The third-order valence-electron chi connectivity index (χ3n) is 1.11. The smallest absolute Gasteiger partial charge is 0.323 e. The van der Waals surface area contributed by atoms with Crippen LogP contribution in [0.2, 0.25) is 0 Å². The van der Waals surface area contributed by atoms with E-state index in [1.807, 2.05) is 0 Å². The second kappa shape index (κ2) is 3.19. The minimum absolute atomic E-state index is 0.0868. The molecule has 1 aliphatic rings. The molecule has 1 heterocycles. The summed E-state index contributed by atoms with van der Waals surface area (Å²) >= 11 is 5.67. The predicted octanol–water partition coefficient (Wildman–Crippen LogP) is -0.0687. The molecule has 11 heavy (non-hydrogen) atoms. The van der Waals surface area contributed by atoms with Crippen molar-refractivity contribution in [2.75, 3.05) is 13.1 Å². The monoisotopic (exact) mass is 191 g/mol. The summed E-state index contributed by atoms with van der Waals surface area (Å²) in [6.45, 7) is -0.0621. The van der Waals surface area contributed by atoms with Crippen molar-refractivity contribution in [1.82, 2.24) is 4.90 Å². The lowest BCUT2D eigenvalue weighted by Gasteiger charge is -2.10. The maximum atomic E-state index is 10.7. The summed E-state index contributed by atoms with van der Waals surface area (Å²) in [6, 6.07) is 0. The van der Waals surface area contributed by atoms with Crippen LogP contribution in [-0.2, 0) is 9.59 Å². The van der Waals surface area contributed by atoms with Crippen LogP contribution in [0.15, 0.2) is 0 Å². The van der Waals surface area contributed by atoms with Gasteiger partial charge in [0.25, 0.3) is 0 Å². The Balaban J connectivity index is 2.53. The number of hydrogen-bond donors (Lipinski definition) is 1. The van der Waals surface area contributed by atoms with Gasteiger partial charge in [0.1, 0.15) is 10.9 Å². The molecule has 0 aliphatic carbocycles. The summed E-state index contributed by atoms with van der Waals surface area (Å²) in [5.74, 6) is -0.970. The first-order chi connectivity index (χ1) is 5.09. The van der Waals surface area contributed by atoms with Gasteiger partial charge in [-0.15, -0.1) is 0 Å². The molecular weight excluding hydrogens is 186 g/mol. The highest BCUT2D eigenvalue weighted by Crippen LogP contribution is 2.18. The number of nitrogens with zero attached hydrogens (tertiary/aromatic N) is 1. The van der Waals surface area contributed by atoms with Gasteiger partial charge in [-0.2, -0.15) is 0 Å². The van der Waals surface area contributed by atoms with Crippen molar-refractivity contribution in [3.05, 3.63) is 0 Å². The summed E-state index contributed by atoms with van der Waals surface area (Å²) in [6.07, 6.45) is 0. The molecule has 0 unspecified atom stereocenters. The fourth-order valence-electron chi connectivity index (χ4n) is 0.698. The van der Waals surface area contributed by atoms with E-state index in [0.717, 1.165) is 11.8 Å². The van der Waals surface area contributed by atoms with Crippen LogP contribution in [0.5, 0.6) is 0 Å². The number of rotatable bonds is 2. The molecule has 1 rings (SSSR count). The fourth-order valence-corrected chi connectivity index (χ4v) is 1.78. The Labute approximate surface area is 72.6 Å². The van der Waals surface area contributed by atoms with Gasteiger partial charge in [0.05, 0.1) is 6.54 Å². The molecule has 0 saturated carbocycles. The van der Waals surface area contributed by atoms with Crippen LogP contribution in [0.4, 0.5) is 0 Å². The number of thioether (sulfide) groups is 1. The molecule has 0 aromatic heterocycles. The molecule has 1 aliphatic heterocycles. The van der Waals surface area contributed by atoms with Crippen LogP contribution in [0.25, 0.3) is 0 Å². The average molecular weight is 191 g/mol. The molecule has 1 fully saturated rings. The minimum Gasteiger partial charge on any atom is -0.480 e. The lowest BCUT2D eigenvalue weighted by molar-refractivity contribution is -0.137. The normalized spacial score (nSPS) is 17.6. The molecule has 0 aromatic carbocycles. The molecule has 0 aromatic rings. The second-order valence-corrected chi connectivity index (χ2v) is 3.68. The number of thiocarbonyl (C=S) groups is 1. The zero-order valence-corrected chi connectivity index (χ0v) is 7.07. The van der Waals surface area contributed by atoms with E-state index in [1.54, 1.807) is 0 Å². The van der Waals surface area contributed by atoms with E-state index < -0.39 is 5.97 Å². The van der Waals surface area contributed by atoms with Crippen molar-refractivity contribution in [1.29, 1.82) is 0 Å². The van der Waals surface area contributed by atoms with E-state index in [-0.39, 0.29) is 18.2 Å². The van der Waals surface area contributed by atoms with Crippen LogP contribution in [-0.4, -0.2) is 38.5 Å². The Hall–Kier alpha value is -0.620. The van der Waals surface area contributed by atoms with E-state index in [9.17, 15) is 9.59 Å². The molecule has 60 valence electrons. The number of carbonyl (C=O) groups is 2. The highest BCUT2D eigenvalue weighted by Gasteiger charge is 2.26. The molecule has 0 spiro atoms. The van der Waals surface area contributed by atoms with Gasteiger partial charge in [0, 0.05) is 0 Å². The van der Waals surface area contributed by atoms with Crippen LogP contribution >= 0.6 is 24.0 Å². The Morgan fingerprint density at radius 1 is 1.82 bits per heavy atom. The van der Waals surface area contributed by atoms with E-state index in [2.05, 4.69) is 0 Å². The molecular formula is C5H5NO3S2. The van der Waals surface area contributed by atoms with Crippen molar-refractivity contribution in [2.24, 2.45) is 0 Å². The summed E-state index contributed by atoms with van der Waals surface area (Å²) in [4.78, 5) is 22.2. The van der Waals surface area contributed by atoms with E-state index in [0.29, 0.717) is 4.32 Å². The Kier molecular flexibility index (Phi) is 2.45. The van der Waals surface area contributed by atoms with Gasteiger partial charge in [-0.25, -0.2) is 0 Å². The topological polar surface area (TPSA) is 57.6 Å². The lowest BCUT2D eigenvalue weighted by atomic mass is 10.5. The van der Waals surface area contributed by atoms with Gasteiger partial charge in [-0.3, -0.25) is 9.59 Å². The van der Waals surface area contributed by atoms with Crippen LogP contribution in [0.3, 0.4) is 0 Å². The first-order valence-corrected chi connectivity index (χ1v) is 4.03. The van der Waals surface area contributed by atoms with Crippen molar-refractivity contribution in [3.8, 4) is 0 Å². The third-order valence-corrected chi connectivity index (χ3v) is 2.40. The molecule has 6 heteroatoms. The SMILES string of the molecule is O=C(O)CN1CC(=O)SC1=S. The standard InChI is InChI=1S/C5H5NO3S2/c7-3(8)1-6-2-4(9)11-5(6)10/h1-2H2,(H,7,8). The van der Waals surface area contributed by atoms with Crippen molar-refractivity contribution >= 4 is 39.4 Å². The first-order valence-electron chi connectivity index (χ1n) is 2.81. The van der Waals surface area contributed by atoms with Gasteiger partial charge in [0.15, 0.2) is 0 Å². The molecule has 0 atom stereocenters. The largest absolute Gasteiger partial charge is 0.480 e. The predicted molar refractivity (Wildman–Crippen MR) is 44.4 cm³/mol. The summed E-state index contributed by atoms with van der Waals surface area (Å²) in [5, 5.41) is 8.27. The minimum atomic E-state index is -0.970. The van der Waals surface area contributed by atoms with E-state index >= 15 is 0 Å². The maximum Gasteiger partial charge on any atom is 0.323 e. The Bertz CT molecular complexity index is 228. The number of carboxylic acids is 1. The quantitative estimate of drug-likeness (QED) is 0.617. The lowest BCUT2D eigenvalue weighted by Crippen LogP contribution is -2.29.